The van der Waals surface area contributed by atoms with E-state index < -0.39 is 0 Å². The van der Waals surface area contributed by atoms with E-state index in [2.05, 4.69) is 17.0 Å². The van der Waals surface area contributed by atoms with Gasteiger partial charge >= 0.3 is 0 Å². The fraction of sp³-hybridized carbons (Fsp3) is 0.429. The Balaban J connectivity index is 2.26. The molecule has 102 valence electrons. The molecule has 1 N–H and O–H groups in total. The summed E-state index contributed by atoms with van der Waals surface area (Å²) in [6.45, 7) is 6.71. The molecular formula is C14H19N3O2. The number of nitrogens with zero attached hydrogens (tertiary/aromatic N) is 3. The largest absolute Gasteiger partial charge is 0.435 e. The molecule has 2 rings (SSSR count). The number of pyridine rings is 1. The molecule has 2 aromatic rings. The first-order chi connectivity index (χ1) is 9.13. The summed E-state index contributed by atoms with van der Waals surface area (Å²) >= 11 is 0. The highest BCUT2D eigenvalue weighted by molar-refractivity contribution is 5.37. The van der Waals surface area contributed by atoms with Crippen LogP contribution in [0, 0.1) is 13.8 Å². The highest BCUT2D eigenvalue weighted by Gasteiger charge is 2.11. The van der Waals surface area contributed by atoms with Crippen LogP contribution in [-0.2, 0) is 13.2 Å². The van der Waals surface area contributed by atoms with Gasteiger partial charge in [-0.05, 0) is 31.9 Å². The number of hydrogen-bond acceptors (Lipinski definition) is 4. The van der Waals surface area contributed by atoms with Crippen LogP contribution >= 0.6 is 0 Å². The first kappa shape index (κ1) is 13.5. The zero-order valence-corrected chi connectivity index (χ0v) is 11.6. The van der Waals surface area contributed by atoms with Crippen molar-refractivity contribution >= 4 is 0 Å². The number of aryl methyl sites for hydroxylation is 3. The van der Waals surface area contributed by atoms with Crippen LogP contribution in [0.15, 0.2) is 18.5 Å². The number of aliphatic hydroxyl groups is 1. The molecule has 0 aliphatic heterocycles. The molecule has 19 heavy (non-hydrogen) atoms. The Kier molecular flexibility index (Phi) is 4.16. The number of hydrogen-bond donors (Lipinski definition) is 1. The molecule has 0 saturated heterocycles. The van der Waals surface area contributed by atoms with E-state index in [1.807, 2.05) is 30.8 Å². The highest BCUT2D eigenvalue weighted by Crippen LogP contribution is 2.26. The Labute approximate surface area is 112 Å². The molecule has 0 saturated carbocycles. The van der Waals surface area contributed by atoms with Gasteiger partial charge < -0.3 is 9.84 Å². The Morgan fingerprint density at radius 2 is 2.16 bits per heavy atom. The van der Waals surface area contributed by atoms with E-state index in [0.29, 0.717) is 17.2 Å². The lowest BCUT2D eigenvalue weighted by molar-refractivity contribution is 0.274. The highest BCUT2D eigenvalue weighted by atomic mass is 16.5. The number of aromatic nitrogens is 3. The van der Waals surface area contributed by atoms with Crippen molar-refractivity contribution in [1.29, 1.82) is 0 Å². The van der Waals surface area contributed by atoms with E-state index >= 15 is 0 Å². The smallest absolute Gasteiger partial charge is 0.225 e. The topological polar surface area (TPSA) is 60.2 Å². The van der Waals surface area contributed by atoms with E-state index in [1.54, 1.807) is 6.20 Å². The molecular weight excluding hydrogens is 242 g/mol. The molecule has 0 radical (unpaired) electrons. The third-order valence-corrected chi connectivity index (χ3v) is 2.87. The van der Waals surface area contributed by atoms with Crippen LogP contribution in [0.5, 0.6) is 11.6 Å². The lowest BCUT2D eigenvalue weighted by Crippen LogP contribution is -1.99. The van der Waals surface area contributed by atoms with Crippen LogP contribution in [0.3, 0.4) is 0 Å². The molecule has 0 fully saturated rings. The molecule has 0 amide bonds. The summed E-state index contributed by atoms with van der Waals surface area (Å²) in [5.74, 6) is 1.09. The Bertz CT molecular complexity index is 564. The predicted octanol–water partition coefficient (Wildman–Crippen LogP) is 2.59. The van der Waals surface area contributed by atoms with Crippen molar-refractivity contribution in [2.45, 2.75) is 40.3 Å². The molecule has 0 aliphatic rings. The standard InChI is InChI=1S/C14H19N3O2/c1-4-5-17-8-12(7-15-17)19-14-13(9-18)10(2)6-11(3)16-14/h6-8,18H,4-5,9H2,1-3H3. The van der Waals surface area contributed by atoms with Gasteiger partial charge in [0.2, 0.25) is 5.88 Å². The van der Waals surface area contributed by atoms with E-state index in [9.17, 15) is 5.11 Å². The van der Waals surface area contributed by atoms with Gasteiger partial charge in [0.15, 0.2) is 5.75 Å². The van der Waals surface area contributed by atoms with Gasteiger partial charge in [0, 0.05) is 17.8 Å². The molecule has 0 unspecified atom stereocenters. The van der Waals surface area contributed by atoms with Crippen LogP contribution in [-0.4, -0.2) is 19.9 Å². The number of ether oxygens (including phenoxy) is 1. The van der Waals surface area contributed by atoms with Crippen molar-refractivity contribution in [1.82, 2.24) is 14.8 Å². The van der Waals surface area contributed by atoms with Crippen LogP contribution in [0.2, 0.25) is 0 Å². The fourth-order valence-corrected chi connectivity index (χ4v) is 1.97. The van der Waals surface area contributed by atoms with Crippen LogP contribution in [0.25, 0.3) is 0 Å². The van der Waals surface area contributed by atoms with Crippen molar-refractivity contribution in [2.75, 3.05) is 0 Å². The van der Waals surface area contributed by atoms with Crippen LogP contribution in [0.1, 0.15) is 30.2 Å². The fourth-order valence-electron chi connectivity index (χ4n) is 1.97. The second-order valence-electron chi connectivity index (χ2n) is 4.56. The molecule has 2 aromatic heterocycles. The van der Waals surface area contributed by atoms with Crippen molar-refractivity contribution in [3.63, 3.8) is 0 Å². The quantitative estimate of drug-likeness (QED) is 0.898. The van der Waals surface area contributed by atoms with Crippen LogP contribution < -0.4 is 4.74 Å². The van der Waals surface area contributed by atoms with Gasteiger partial charge in [0.1, 0.15) is 0 Å². The molecule has 0 bridgehead atoms. The summed E-state index contributed by atoms with van der Waals surface area (Å²) in [5.41, 5.74) is 2.56. The minimum atomic E-state index is -0.0858. The zero-order valence-electron chi connectivity index (χ0n) is 11.6. The van der Waals surface area contributed by atoms with Crippen molar-refractivity contribution < 1.29 is 9.84 Å². The number of aliphatic hydroxyl groups excluding tert-OH is 1. The molecule has 2 heterocycles. The van der Waals surface area contributed by atoms with Crippen molar-refractivity contribution in [3.8, 4) is 11.6 Å². The Morgan fingerprint density at radius 3 is 2.84 bits per heavy atom. The van der Waals surface area contributed by atoms with Gasteiger partial charge in [0.05, 0.1) is 19.0 Å². The number of rotatable bonds is 5. The van der Waals surface area contributed by atoms with Crippen LogP contribution in [0.4, 0.5) is 0 Å². The van der Waals surface area contributed by atoms with Crippen molar-refractivity contribution in [3.05, 3.63) is 35.3 Å². The molecule has 5 heteroatoms. The summed E-state index contributed by atoms with van der Waals surface area (Å²) in [6.07, 6.45) is 4.52. The Morgan fingerprint density at radius 1 is 1.37 bits per heavy atom. The van der Waals surface area contributed by atoms with Crippen molar-refractivity contribution in [2.24, 2.45) is 0 Å². The summed E-state index contributed by atoms with van der Waals surface area (Å²) in [6, 6.07) is 1.93. The minimum Gasteiger partial charge on any atom is -0.435 e. The third kappa shape index (κ3) is 3.12. The van der Waals surface area contributed by atoms with E-state index in [4.69, 9.17) is 4.74 Å². The molecule has 0 aromatic carbocycles. The molecule has 0 aliphatic carbocycles. The zero-order chi connectivity index (χ0) is 13.8. The maximum Gasteiger partial charge on any atom is 0.225 e. The van der Waals surface area contributed by atoms with E-state index in [0.717, 1.165) is 24.2 Å². The van der Waals surface area contributed by atoms with E-state index in [1.165, 1.54) is 0 Å². The van der Waals surface area contributed by atoms with Gasteiger partial charge in [0.25, 0.3) is 0 Å². The maximum atomic E-state index is 9.42. The van der Waals surface area contributed by atoms with Gasteiger partial charge in [-0.3, -0.25) is 4.68 Å². The lowest BCUT2D eigenvalue weighted by Gasteiger charge is -2.10. The SMILES string of the molecule is CCCn1cc(Oc2nc(C)cc(C)c2CO)cn1. The second-order valence-corrected chi connectivity index (χ2v) is 4.56. The molecule has 5 nitrogen and oxygen atoms in total. The summed E-state index contributed by atoms with van der Waals surface area (Å²) in [5, 5.41) is 13.6. The molecule has 0 spiro atoms. The average molecular weight is 261 g/mol. The first-order valence-electron chi connectivity index (χ1n) is 6.42. The maximum absolute atomic E-state index is 9.42. The Hall–Kier alpha value is -1.88. The first-order valence-corrected chi connectivity index (χ1v) is 6.42. The second kappa shape index (κ2) is 5.84. The molecule has 0 atom stereocenters. The predicted molar refractivity (Wildman–Crippen MR) is 72.2 cm³/mol. The van der Waals surface area contributed by atoms with Gasteiger partial charge in [-0.2, -0.15) is 5.10 Å². The van der Waals surface area contributed by atoms with Gasteiger partial charge in [-0.15, -0.1) is 0 Å². The normalized spacial score (nSPS) is 10.7. The third-order valence-electron chi connectivity index (χ3n) is 2.87. The van der Waals surface area contributed by atoms with E-state index in [-0.39, 0.29) is 6.61 Å². The summed E-state index contributed by atoms with van der Waals surface area (Å²) < 4.78 is 7.56. The van der Waals surface area contributed by atoms with Gasteiger partial charge in [-0.1, -0.05) is 6.92 Å². The lowest BCUT2D eigenvalue weighted by atomic mass is 10.1. The van der Waals surface area contributed by atoms with Gasteiger partial charge in [-0.25, -0.2) is 4.98 Å². The summed E-state index contributed by atoms with van der Waals surface area (Å²) in [7, 11) is 0. The summed E-state index contributed by atoms with van der Waals surface area (Å²) in [4.78, 5) is 4.34. The average Bonchev–Trinajstić information content (AvgIpc) is 2.76. The minimum absolute atomic E-state index is 0.0858. The monoisotopic (exact) mass is 261 g/mol.